The molecule has 0 aliphatic carbocycles. The first kappa shape index (κ1) is 12.4. The van der Waals surface area contributed by atoms with Crippen LogP contribution in [0.2, 0.25) is 0 Å². The van der Waals surface area contributed by atoms with Crippen LogP contribution in [-0.4, -0.2) is 0 Å². The maximum atomic E-state index is 13.0. The van der Waals surface area contributed by atoms with E-state index < -0.39 is 0 Å². The summed E-state index contributed by atoms with van der Waals surface area (Å²) in [6.45, 7) is 0. The van der Waals surface area contributed by atoms with Crippen LogP contribution < -0.4 is 4.74 Å². The third kappa shape index (κ3) is 3.20. The zero-order valence-electron chi connectivity index (χ0n) is 8.79. The molecule has 0 radical (unpaired) electrons. The van der Waals surface area contributed by atoms with Crippen LogP contribution in [0.15, 0.2) is 46.9 Å². The van der Waals surface area contributed by atoms with Gasteiger partial charge >= 0.3 is 0 Å². The highest BCUT2D eigenvalue weighted by Crippen LogP contribution is 2.28. The molecule has 0 amide bonds. The first-order valence-electron chi connectivity index (χ1n) is 4.97. The predicted molar refractivity (Wildman–Crippen MR) is 70.2 cm³/mol. The topological polar surface area (TPSA) is 9.23 Å². The molecular weight excluding hydrogens is 306 g/mol. The van der Waals surface area contributed by atoms with E-state index in [4.69, 9.17) is 16.3 Å². The molecule has 0 atom stereocenters. The Balaban J connectivity index is 2.22. The summed E-state index contributed by atoms with van der Waals surface area (Å²) >= 11 is 9.14. The number of ether oxygens (including phenoxy) is 1. The summed E-state index contributed by atoms with van der Waals surface area (Å²) in [5.41, 5.74) is 0.984. The molecule has 2 aromatic carbocycles. The van der Waals surface area contributed by atoms with Crippen LogP contribution in [0.1, 0.15) is 5.56 Å². The fraction of sp³-hybridized carbons (Fsp3) is 0.0769. The van der Waals surface area contributed by atoms with Crippen LogP contribution in [0.4, 0.5) is 4.39 Å². The molecule has 17 heavy (non-hydrogen) atoms. The second-order valence-electron chi connectivity index (χ2n) is 3.45. The van der Waals surface area contributed by atoms with Gasteiger partial charge in [-0.15, -0.1) is 11.6 Å². The Morgan fingerprint density at radius 1 is 1.12 bits per heavy atom. The van der Waals surface area contributed by atoms with E-state index in [1.54, 1.807) is 18.2 Å². The van der Waals surface area contributed by atoms with Crippen molar-refractivity contribution in [3.05, 3.63) is 58.3 Å². The van der Waals surface area contributed by atoms with Crippen molar-refractivity contribution in [2.24, 2.45) is 0 Å². The van der Waals surface area contributed by atoms with Crippen LogP contribution in [0, 0.1) is 5.82 Å². The molecule has 2 aromatic rings. The van der Waals surface area contributed by atoms with Crippen molar-refractivity contribution in [1.82, 2.24) is 0 Å². The smallest absolute Gasteiger partial charge is 0.130 e. The number of hydrogen-bond donors (Lipinski definition) is 0. The number of benzene rings is 2. The second kappa shape index (κ2) is 5.52. The molecule has 0 bridgehead atoms. The fourth-order valence-corrected chi connectivity index (χ4v) is 2.26. The molecule has 0 saturated carbocycles. The van der Waals surface area contributed by atoms with Crippen molar-refractivity contribution < 1.29 is 9.13 Å². The molecule has 0 spiro atoms. The molecule has 0 saturated heterocycles. The monoisotopic (exact) mass is 314 g/mol. The van der Waals surface area contributed by atoms with Gasteiger partial charge in [0.2, 0.25) is 0 Å². The van der Waals surface area contributed by atoms with E-state index in [0.717, 1.165) is 10.0 Å². The normalized spacial score (nSPS) is 10.3. The lowest BCUT2D eigenvalue weighted by atomic mass is 10.2. The van der Waals surface area contributed by atoms with Crippen molar-refractivity contribution in [2.75, 3.05) is 0 Å². The molecule has 0 fully saturated rings. The third-order valence-electron chi connectivity index (χ3n) is 2.20. The summed E-state index contributed by atoms with van der Waals surface area (Å²) in [7, 11) is 0. The van der Waals surface area contributed by atoms with Gasteiger partial charge in [-0.05, 0) is 29.8 Å². The molecule has 0 unspecified atom stereocenters. The quantitative estimate of drug-likeness (QED) is 0.714. The van der Waals surface area contributed by atoms with Crippen molar-refractivity contribution >= 4 is 27.5 Å². The lowest BCUT2D eigenvalue weighted by Crippen LogP contribution is -1.87. The third-order valence-corrected chi connectivity index (χ3v) is 3.23. The lowest BCUT2D eigenvalue weighted by molar-refractivity contribution is 0.476. The van der Waals surface area contributed by atoms with Gasteiger partial charge in [0, 0.05) is 16.4 Å². The van der Waals surface area contributed by atoms with E-state index >= 15 is 0 Å². The molecule has 0 aromatic heterocycles. The van der Waals surface area contributed by atoms with Gasteiger partial charge in [-0.2, -0.15) is 0 Å². The molecule has 4 heteroatoms. The van der Waals surface area contributed by atoms with Gasteiger partial charge in [0.1, 0.15) is 17.3 Å². The average Bonchev–Trinajstić information content (AvgIpc) is 2.29. The van der Waals surface area contributed by atoms with Crippen molar-refractivity contribution in [1.29, 1.82) is 0 Å². The van der Waals surface area contributed by atoms with Crippen LogP contribution in [0.25, 0.3) is 0 Å². The van der Waals surface area contributed by atoms with Crippen LogP contribution in [0.3, 0.4) is 0 Å². The van der Waals surface area contributed by atoms with E-state index in [9.17, 15) is 4.39 Å². The van der Waals surface area contributed by atoms with E-state index in [1.165, 1.54) is 12.1 Å². The van der Waals surface area contributed by atoms with E-state index in [0.29, 0.717) is 17.4 Å². The summed E-state index contributed by atoms with van der Waals surface area (Å²) in [6, 6.07) is 11.5. The minimum Gasteiger partial charge on any atom is -0.457 e. The first-order chi connectivity index (χ1) is 8.19. The standard InChI is InChI=1S/C13H9BrClFO/c14-13-7-12(5-4-9(13)8-15)17-11-3-1-2-10(16)6-11/h1-7H,8H2. The maximum Gasteiger partial charge on any atom is 0.130 e. The number of rotatable bonds is 3. The Labute approximate surface area is 112 Å². The van der Waals surface area contributed by atoms with Gasteiger partial charge in [-0.3, -0.25) is 0 Å². The molecule has 0 aliphatic heterocycles. The second-order valence-corrected chi connectivity index (χ2v) is 4.57. The summed E-state index contributed by atoms with van der Waals surface area (Å²) in [5, 5.41) is 0. The number of halogens is 3. The summed E-state index contributed by atoms with van der Waals surface area (Å²) in [6.07, 6.45) is 0. The highest BCUT2D eigenvalue weighted by atomic mass is 79.9. The average molecular weight is 316 g/mol. The van der Waals surface area contributed by atoms with Gasteiger partial charge in [-0.1, -0.05) is 28.1 Å². The SMILES string of the molecule is Fc1cccc(Oc2ccc(CCl)c(Br)c2)c1. The van der Waals surface area contributed by atoms with E-state index in [-0.39, 0.29) is 5.82 Å². The summed E-state index contributed by atoms with van der Waals surface area (Å²) in [5.74, 6) is 1.21. The molecule has 1 nitrogen and oxygen atoms in total. The van der Waals surface area contributed by atoms with Gasteiger partial charge in [0.25, 0.3) is 0 Å². The van der Waals surface area contributed by atoms with Crippen LogP contribution in [0.5, 0.6) is 11.5 Å². The Hall–Kier alpha value is -1.06. The Morgan fingerprint density at radius 3 is 2.53 bits per heavy atom. The van der Waals surface area contributed by atoms with Gasteiger partial charge in [0.15, 0.2) is 0 Å². The largest absolute Gasteiger partial charge is 0.457 e. The molecule has 0 aliphatic rings. The zero-order chi connectivity index (χ0) is 12.3. The predicted octanol–water partition coefficient (Wildman–Crippen LogP) is 5.12. The Kier molecular flexibility index (Phi) is 4.02. The molecular formula is C13H9BrClFO. The van der Waals surface area contributed by atoms with Crippen LogP contribution >= 0.6 is 27.5 Å². The Bertz CT molecular complexity index is 531. The number of alkyl halides is 1. The molecule has 88 valence electrons. The first-order valence-corrected chi connectivity index (χ1v) is 6.29. The van der Waals surface area contributed by atoms with Crippen molar-refractivity contribution in [2.45, 2.75) is 5.88 Å². The maximum absolute atomic E-state index is 13.0. The minimum absolute atomic E-state index is 0.320. The molecule has 2 rings (SSSR count). The van der Waals surface area contributed by atoms with E-state index in [1.807, 2.05) is 12.1 Å². The van der Waals surface area contributed by atoms with Gasteiger partial charge < -0.3 is 4.74 Å². The van der Waals surface area contributed by atoms with Gasteiger partial charge in [-0.25, -0.2) is 4.39 Å². The summed E-state index contributed by atoms with van der Waals surface area (Å²) < 4.78 is 19.4. The van der Waals surface area contributed by atoms with Gasteiger partial charge in [0.05, 0.1) is 0 Å². The van der Waals surface area contributed by atoms with E-state index in [2.05, 4.69) is 15.9 Å². The number of hydrogen-bond acceptors (Lipinski definition) is 1. The fourth-order valence-electron chi connectivity index (χ4n) is 1.37. The van der Waals surface area contributed by atoms with Crippen molar-refractivity contribution in [3.8, 4) is 11.5 Å². The van der Waals surface area contributed by atoms with Crippen LogP contribution in [-0.2, 0) is 5.88 Å². The Morgan fingerprint density at radius 2 is 1.88 bits per heavy atom. The highest BCUT2D eigenvalue weighted by molar-refractivity contribution is 9.10. The lowest BCUT2D eigenvalue weighted by Gasteiger charge is -2.07. The molecule has 0 heterocycles. The van der Waals surface area contributed by atoms with Crippen molar-refractivity contribution in [3.63, 3.8) is 0 Å². The highest BCUT2D eigenvalue weighted by Gasteiger charge is 2.03. The summed E-state index contributed by atoms with van der Waals surface area (Å²) in [4.78, 5) is 0. The molecule has 0 N–H and O–H groups in total. The minimum atomic E-state index is -0.320. The zero-order valence-corrected chi connectivity index (χ0v) is 11.1.